The van der Waals surface area contributed by atoms with Crippen LogP contribution in [0.4, 0.5) is 0 Å². The lowest BCUT2D eigenvalue weighted by molar-refractivity contribution is 0.0927. The van der Waals surface area contributed by atoms with Gasteiger partial charge >= 0.3 is 5.91 Å². The molecule has 0 bridgehead atoms. The van der Waals surface area contributed by atoms with Gasteiger partial charge < -0.3 is 9.52 Å². The van der Waals surface area contributed by atoms with Crippen molar-refractivity contribution in [1.29, 1.82) is 0 Å². The molecule has 0 aliphatic rings. The first-order chi connectivity index (χ1) is 8.66. The monoisotopic (exact) mass is 308 g/mol. The minimum absolute atomic E-state index is 0.145. The summed E-state index contributed by atoms with van der Waals surface area (Å²) in [6, 6.07) is 8.04. The van der Waals surface area contributed by atoms with E-state index in [1.807, 2.05) is 0 Å². The van der Waals surface area contributed by atoms with E-state index < -0.39 is 5.91 Å². The van der Waals surface area contributed by atoms with E-state index in [9.17, 15) is 9.90 Å². The topological polar surface area (TPSA) is 74.8 Å². The Hall–Kier alpha value is -2.08. The van der Waals surface area contributed by atoms with Crippen molar-refractivity contribution in [2.45, 2.75) is 0 Å². The van der Waals surface area contributed by atoms with Gasteiger partial charge in [0.1, 0.15) is 5.75 Å². The second-order valence-electron chi connectivity index (χ2n) is 3.39. The average molecular weight is 309 g/mol. The van der Waals surface area contributed by atoms with Crippen molar-refractivity contribution < 1.29 is 14.3 Å². The number of amides is 1. The highest BCUT2D eigenvalue weighted by atomic mass is 79.9. The van der Waals surface area contributed by atoms with Crippen LogP contribution in [0.15, 0.2) is 50.6 Å². The van der Waals surface area contributed by atoms with E-state index in [0.29, 0.717) is 4.47 Å². The smallest absolute Gasteiger partial charge is 0.307 e. The second-order valence-corrected chi connectivity index (χ2v) is 4.24. The standard InChI is InChI=1S/C12H9BrN2O3/c13-9-6-8(3-4-10(9)16)7-14-15-12(17)11-2-1-5-18-11/h1-7,16H,(H,15,17)/b14-7-. The predicted octanol–water partition coefficient (Wildman–Crippen LogP) is 2.51. The first-order valence-corrected chi connectivity index (χ1v) is 5.81. The van der Waals surface area contributed by atoms with Crippen LogP contribution in [0, 0.1) is 0 Å². The maximum absolute atomic E-state index is 11.4. The summed E-state index contributed by atoms with van der Waals surface area (Å²) in [7, 11) is 0. The summed E-state index contributed by atoms with van der Waals surface area (Å²) in [6.45, 7) is 0. The normalized spacial score (nSPS) is 10.7. The third-order valence-electron chi connectivity index (χ3n) is 2.10. The average Bonchev–Trinajstić information content (AvgIpc) is 2.87. The van der Waals surface area contributed by atoms with Crippen LogP contribution in [-0.2, 0) is 0 Å². The van der Waals surface area contributed by atoms with E-state index in [1.54, 1.807) is 24.3 Å². The fourth-order valence-corrected chi connectivity index (χ4v) is 1.63. The first-order valence-electron chi connectivity index (χ1n) is 5.02. The number of phenols is 1. The molecule has 1 amide bonds. The van der Waals surface area contributed by atoms with Gasteiger partial charge in [0.2, 0.25) is 0 Å². The number of hydrazone groups is 1. The molecule has 2 N–H and O–H groups in total. The van der Waals surface area contributed by atoms with Gasteiger partial charge in [-0.1, -0.05) is 0 Å². The molecule has 0 fully saturated rings. The summed E-state index contributed by atoms with van der Waals surface area (Å²) < 4.78 is 5.47. The summed E-state index contributed by atoms with van der Waals surface area (Å²) in [5.74, 6) is -0.0834. The van der Waals surface area contributed by atoms with Crippen molar-refractivity contribution in [3.8, 4) is 5.75 Å². The number of hydrogen-bond acceptors (Lipinski definition) is 4. The van der Waals surface area contributed by atoms with Crippen LogP contribution in [-0.4, -0.2) is 17.2 Å². The van der Waals surface area contributed by atoms with E-state index in [-0.39, 0.29) is 11.5 Å². The first kappa shape index (κ1) is 12.4. The lowest BCUT2D eigenvalue weighted by Crippen LogP contribution is -2.16. The van der Waals surface area contributed by atoms with Gasteiger partial charge in [-0.05, 0) is 51.8 Å². The number of carbonyl (C=O) groups is 1. The molecule has 0 unspecified atom stereocenters. The van der Waals surface area contributed by atoms with Crippen molar-refractivity contribution in [2.75, 3.05) is 0 Å². The predicted molar refractivity (Wildman–Crippen MR) is 69.6 cm³/mol. The minimum atomic E-state index is -0.422. The van der Waals surface area contributed by atoms with Crippen LogP contribution < -0.4 is 5.43 Å². The molecule has 6 heteroatoms. The third kappa shape index (κ3) is 2.98. The molecule has 1 heterocycles. The molecular weight excluding hydrogens is 300 g/mol. The number of aromatic hydroxyl groups is 1. The van der Waals surface area contributed by atoms with Crippen molar-refractivity contribution in [1.82, 2.24) is 5.43 Å². The zero-order valence-corrected chi connectivity index (χ0v) is 10.7. The molecule has 0 spiro atoms. The van der Waals surface area contributed by atoms with E-state index in [0.717, 1.165) is 5.56 Å². The van der Waals surface area contributed by atoms with E-state index in [1.165, 1.54) is 18.5 Å². The zero-order valence-electron chi connectivity index (χ0n) is 9.13. The summed E-state index contributed by atoms with van der Waals surface area (Å²) >= 11 is 3.18. The highest BCUT2D eigenvalue weighted by Crippen LogP contribution is 2.23. The second kappa shape index (κ2) is 5.50. The van der Waals surface area contributed by atoms with Gasteiger partial charge in [-0.3, -0.25) is 4.79 Å². The molecule has 1 aromatic heterocycles. The Morgan fingerprint density at radius 2 is 2.28 bits per heavy atom. The lowest BCUT2D eigenvalue weighted by atomic mass is 10.2. The van der Waals surface area contributed by atoms with Crippen molar-refractivity contribution in [3.05, 3.63) is 52.4 Å². The third-order valence-corrected chi connectivity index (χ3v) is 2.73. The maximum Gasteiger partial charge on any atom is 0.307 e. The van der Waals surface area contributed by atoms with Crippen LogP contribution in [0.1, 0.15) is 16.1 Å². The number of rotatable bonds is 3. The Kier molecular flexibility index (Phi) is 3.78. The minimum Gasteiger partial charge on any atom is -0.507 e. The van der Waals surface area contributed by atoms with Crippen LogP contribution in [0.5, 0.6) is 5.75 Å². The molecule has 1 aromatic carbocycles. The summed E-state index contributed by atoms with van der Waals surface area (Å²) in [4.78, 5) is 11.4. The molecule has 92 valence electrons. The van der Waals surface area contributed by atoms with Gasteiger partial charge in [-0.25, -0.2) is 5.43 Å². The number of furan rings is 1. The molecule has 0 saturated heterocycles. The fraction of sp³-hybridized carbons (Fsp3) is 0. The highest BCUT2D eigenvalue weighted by molar-refractivity contribution is 9.10. The summed E-state index contributed by atoms with van der Waals surface area (Å²) in [5, 5.41) is 13.1. The molecule has 5 nitrogen and oxygen atoms in total. The van der Waals surface area contributed by atoms with Gasteiger partial charge in [0.05, 0.1) is 17.0 Å². The van der Waals surface area contributed by atoms with Gasteiger partial charge in [0, 0.05) is 0 Å². The quantitative estimate of drug-likeness (QED) is 0.676. The van der Waals surface area contributed by atoms with E-state index in [2.05, 4.69) is 26.5 Å². The Labute approximate surface area is 111 Å². The molecule has 18 heavy (non-hydrogen) atoms. The number of halogens is 1. The molecular formula is C12H9BrN2O3. The summed E-state index contributed by atoms with van der Waals surface area (Å²) in [5.41, 5.74) is 3.06. The molecule has 0 aliphatic carbocycles. The SMILES string of the molecule is O=C(N/N=C\c1ccc(O)c(Br)c1)c1ccco1. The van der Waals surface area contributed by atoms with Crippen molar-refractivity contribution in [2.24, 2.45) is 5.10 Å². The van der Waals surface area contributed by atoms with Crippen molar-refractivity contribution in [3.63, 3.8) is 0 Å². The van der Waals surface area contributed by atoms with E-state index >= 15 is 0 Å². The number of nitrogens with zero attached hydrogens (tertiary/aromatic N) is 1. The largest absolute Gasteiger partial charge is 0.507 e. The molecule has 2 aromatic rings. The fourth-order valence-electron chi connectivity index (χ4n) is 1.23. The van der Waals surface area contributed by atoms with Gasteiger partial charge in [-0.2, -0.15) is 5.10 Å². The molecule has 0 atom stereocenters. The van der Waals surface area contributed by atoms with Gasteiger partial charge in [0.15, 0.2) is 5.76 Å². The zero-order chi connectivity index (χ0) is 13.0. The molecule has 0 aliphatic heterocycles. The lowest BCUT2D eigenvalue weighted by Gasteiger charge is -1.98. The van der Waals surface area contributed by atoms with E-state index in [4.69, 9.17) is 4.42 Å². The Balaban J connectivity index is 1.99. The Morgan fingerprint density at radius 3 is 2.94 bits per heavy atom. The van der Waals surface area contributed by atoms with Crippen LogP contribution in [0.3, 0.4) is 0 Å². The van der Waals surface area contributed by atoms with Crippen LogP contribution in [0.25, 0.3) is 0 Å². The van der Waals surface area contributed by atoms with Crippen LogP contribution >= 0.6 is 15.9 Å². The Bertz CT molecular complexity index is 579. The number of carbonyl (C=O) groups excluding carboxylic acids is 1. The van der Waals surface area contributed by atoms with Gasteiger partial charge in [-0.15, -0.1) is 0 Å². The molecule has 2 rings (SSSR count). The van der Waals surface area contributed by atoms with Crippen molar-refractivity contribution >= 4 is 28.1 Å². The number of hydrogen-bond donors (Lipinski definition) is 2. The number of benzene rings is 1. The summed E-state index contributed by atoms with van der Waals surface area (Å²) in [6.07, 6.45) is 2.88. The van der Waals surface area contributed by atoms with Crippen LogP contribution in [0.2, 0.25) is 0 Å². The Morgan fingerprint density at radius 1 is 1.44 bits per heavy atom. The highest BCUT2D eigenvalue weighted by Gasteiger charge is 2.05. The number of nitrogens with one attached hydrogen (secondary N) is 1. The van der Waals surface area contributed by atoms with Gasteiger partial charge in [0.25, 0.3) is 0 Å². The maximum atomic E-state index is 11.4. The molecule has 0 saturated carbocycles. The molecule has 0 radical (unpaired) electrons. The number of phenolic OH excluding ortho intramolecular Hbond substituents is 1.